The summed E-state index contributed by atoms with van der Waals surface area (Å²) < 4.78 is 1.78. The molecular formula is C12H17N5. The van der Waals surface area contributed by atoms with Crippen LogP contribution in [0.2, 0.25) is 0 Å². The van der Waals surface area contributed by atoms with Gasteiger partial charge in [0.05, 0.1) is 17.6 Å². The van der Waals surface area contributed by atoms with E-state index in [9.17, 15) is 0 Å². The van der Waals surface area contributed by atoms with Crippen molar-refractivity contribution < 1.29 is 0 Å². The van der Waals surface area contributed by atoms with Gasteiger partial charge in [-0.1, -0.05) is 0 Å². The number of aryl methyl sites for hydroxylation is 3. The number of aromatic nitrogens is 4. The van der Waals surface area contributed by atoms with Crippen LogP contribution in [0.4, 0.5) is 0 Å². The van der Waals surface area contributed by atoms with E-state index in [2.05, 4.69) is 15.3 Å². The Balaban J connectivity index is 2.19. The summed E-state index contributed by atoms with van der Waals surface area (Å²) in [5.41, 5.74) is 10.2. The van der Waals surface area contributed by atoms with Gasteiger partial charge in [0.15, 0.2) is 0 Å². The summed E-state index contributed by atoms with van der Waals surface area (Å²) in [6, 6.07) is 1.94. The van der Waals surface area contributed by atoms with Crippen LogP contribution in [0.15, 0.2) is 18.5 Å². The van der Waals surface area contributed by atoms with E-state index in [1.165, 1.54) is 0 Å². The average molecular weight is 231 g/mol. The van der Waals surface area contributed by atoms with Crippen LogP contribution in [0, 0.1) is 13.8 Å². The molecule has 1 unspecified atom stereocenters. The monoisotopic (exact) mass is 231 g/mol. The van der Waals surface area contributed by atoms with Gasteiger partial charge in [-0.2, -0.15) is 15.3 Å². The molecule has 0 aromatic carbocycles. The second-order valence-corrected chi connectivity index (χ2v) is 4.36. The molecule has 0 aliphatic heterocycles. The Bertz CT molecular complexity index is 517. The van der Waals surface area contributed by atoms with Crippen LogP contribution >= 0.6 is 0 Å². The normalized spacial score (nSPS) is 12.7. The SMILES string of the molecule is Cc1cc(C(N)Cc2cnn(C)c2)c(C)nn1. The third-order valence-electron chi connectivity index (χ3n) is 2.75. The van der Waals surface area contributed by atoms with Crippen molar-refractivity contribution in [2.24, 2.45) is 12.8 Å². The molecular weight excluding hydrogens is 214 g/mol. The van der Waals surface area contributed by atoms with Gasteiger partial charge in [-0.15, -0.1) is 0 Å². The predicted octanol–water partition coefficient (Wildman–Crippen LogP) is 1.07. The van der Waals surface area contributed by atoms with E-state index >= 15 is 0 Å². The van der Waals surface area contributed by atoms with Gasteiger partial charge in [-0.3, -0.25) is 4.68 Å². The maximum absolute atomic E-state index is 6.20. The number of nitrogens with two attached hydrogens (primary N) is 1. The minimum absolute atomic E-state index is 0.0617. The summed E-state index contributed by atoms with van der Waals surface area (Å²) in [4.78, 5) is 0. The number of hydrogen-bond donors (Lipinski definition) is 1. The van der Waals surface area contributed by atoms with Crippen molar-refractivity contribution in [2.45, 2.75) is 26.3 Å². The molecule has 0 saturated heterocycles. The highest BCUT2D eigenvalue weighted by Gasteiger charge is 2.12. The number of hydrogen-bond acceptors (Lipinski definition) is 4. The van der Waals surface area contributed by atoms with Crippen LogP contribution in [-0.2, 0) is 13.5 Å². The van der Waals surface area contributed by atoms with Gasteiger partial charge in [0, 0.05) is 19.3 Å². The second kappa shape index (κ2) is 4.63. The molecule has 0 amide bonds. The Labute approximate surface area is 101 Å². The molecule has 5 nitrogen and oxygen atoms in total. The molecule has 0 bridgehead atoms. The fourth-order valence-electron chi connectivity index (χ4n) is 1.89. The van der Waals surface area contributed by atoms with Crippen molar-refractivity contribution in [3.05, 3.63) is 41.0 Å². The zero-order chi connectivity index (χ0) is 12.4. The third kappa shape index (κ3) is 2.68. The van der Waals surface area contributed by atoms with Crippen LogP contribution < -0.4 is 5.73 Å². The Morgan fingerprint density at radius 3 is 2.76 bits per heavy atom. The van der Waals surface area contributed by atoms with Crippen molar-refractivity contribution in [2.75, 3.05) is 0 Å². The van der Waals surface area contributed by atoms with E-state index in [1.807, 2.05) is 39.4 Å². The molecule has 0 fully saturated rings. The van der Waals surface area contributed by atoms with Gasteiger partial charge in [-0.25, -0.2) is 0 Å². The molecule has 2 aromatic rings. The smallest absolute Gasteiger partial charge is 0.0648 e. The highest BCUT2D eigenvalue weighted by molar-refractivity contribution is 5.25. The summed E-state index contributed by atoms with van der Waals surface area (Å²) in [5, 5.41) is 12.2. The van der Waals surface area contributed by atoms with Gasteiger partial charge in [0.2, 0.25) is 0 Å². The van der Waals surface area contributed by atoms with Crippen molar-refractivity contribution in [1.29, 1.82) is 0 Å². The summed E-state index contributed by atoms with van der Waals surface area (Å²) in [6.07, 6.45) is 4.59. The first-order valence-corrected chi connectivity index (χ1v) is 5.60. The largest absolute Gasteiger partial charge is 0.324 e. The number of nitrogens with zero attached hydrogens (tertiary/aromatic N) is 4. The highest BCUT2D eigenvalue weighted by Crippen LogP contribution is 2.18. The van der Waals surface area contributed by atoms with E-state index in [0.29, 0.717) is 0 Å². The lowest BCUT2D eigenvalue weighted by Gasteiger charge is -2.13. The Kier molecular flexibility index (Phi) is 3.19. The zero-order valence-electron chi connectivity index (χ0n) is 10.4. The fraction of sp³-hybridized carbons (Fsp3) is 0.417. The van der Waals surface area contributed by atoms with Gasteiger partial charge in [0.25, 0.3) is 0 Å². The van der Waals surface area contributed by atoms with Crippen LogP contribution in [0.25, 0.3) is 0 Å². The van der Waals surface area contributed by atoms with E-state index in [1.54, 1.807) is 4.68 Å². The van der Waals surface area contributed by atoms with Gasteiger partial charge < -0.3 is 5.73 Å². The molecule has 17 heavy (non-hydrogen) atoms. The van der Waals surface area contributed by atoms with E-state index in [-0.39, 0.29) is 6.04 Å². The predicted molar refractivity (Wildman–Crippen MR) is 65.3 cm³/mol. The van der Waals surface area contributed by atoms with Gasteiger partial charge in [-0.05, 0) is 37.5 Å². The molecule has 2 rings (SSSR count). The topological polar surface area (TPSA) is 69.6 Å². The average Bonchev–Trinajstić information content (AvgIpc) is 2.67. The first-order chi connectivity index (χ1) is 8.06. The summed E-state index contributed by atoms with van der Waals surface area (Å²) in [7, 11) is 1.90. The molecule has 2 aromatic heterocycles. The lowest BCUT2D eigenvalue weighted by molar-refractivity contribution is 0.698. The van der Waals surface area contributed by atoms with Crippen molar-refractivity contribution in [3.8, 4) is 0 Å². The maximum Gasteiger partial charge on any atom is 0.0648 e. The molecule has 1 atom stereocenters. The summed E-state index contributed by atoms with van der Waals surface area (Å²) in [6.45, 7) is 3.86. The standard InChI is InChI=1S/C12H17N5/c1-8-4-11(9(2)16-15-8)12(13)5-10-6-14-17(3)7-10/h4,6-7,12H,5,13H2,1-3H3. The lowest BCUT2D eigenvalue weighted by atomic mass is 10.0. The summed E-state index contributed by atoms with van der Waals surface area (Å²) in [5.74, 6) is 0. The quantitative estimate of drug-likeness (QED) is 0.857. The molecule has 0 aliphatic rings. The highest BCUT2D eigenvalue weighted by atomic mass is 15.2. The molecule has 0 spiro atoms. The second-order valence-electron chi connectivity index (χ2n) is 4.36. The van der Waals surface area contributed by atoms with Gasteiger partial charge >= 0.3 is 0 Å². The molecule has 0 saturated carbocycles. The Hall–Kier alpha value is -1.75. The molecule has 0 aliphatic carbocycles. The summed E-state index contributed by atoms with van der Waals surface area (Å²) >= 11 is 0. The van der Waals surface area contributed by atoms with Gasteiger partial charge in [0.1, 0.15) is 0 Å². The molecule has 0 radical (unpaired) electrons. The molecule has 2 N–H and O–H groups in total. The minimum atomic E-state index is -0.0617. The zero-order valence-corrected chi connectivity index (χ0v) is 10.4. The van der Waals surface area contributed by atoms with Crippen LogP contribution in [0.5, 0.6) is 0 Å². The molecule has 5 heteroatoms. The maximum atomic E-state index is 6.20. The Morgan fingerprint density at radius 2 is 2.12 bits per heavy atom. The fourth-order valence-corrected chi connectivity index (χ4v) is 1.89. The lowest BCUT2D eigenvalue weighted by Crippen LogP contribution is -2.16. The first-order valence-electron chi connectivity index (χ1n) is 5.60. The Morgan fingerprint density at radius 1 is 1.35 bits per heavy atom. The molecule has 2 heterocycles. The van der Waals surface area contributed by atoms with Crippen LogP contribution in [0.1, 0.15) is 28.6 Å². The third-order valence-corrected chi connectivity index (χ3v) is 2.75. The van der Waals surface area contributed by atoms with Crippen LogP contribution in [0.3, 0.4) is 0 Å². The minimum Gasteiger partial charge on any atom is -0.324 e. The van der Waals surface area contributed by atoms with E-state index in [0.717, 1.165) is 28.9 Å². The van der Waals surface area contributed by atoms with Crippen molar-refractivity contribution >= 4 is 0 Å². The number of rotatable bonds is 3. The van der Waals surface area contributed by atoms with Crippen molar-refractivity contribution in [1.82, 2.24) is 20.0 Å². The van der Waals surface area contributed by atoms with Crippen molar-refractivity contribution in [3.63, 3.8) is 0 Å². The van der Waals surface area contributed by atoms with E-state index < -0.39 is 0 Å². The molecule has 90 valence electrons. The first kappa shape index (κ1) is 11.7. The van der Waals surface area contributed by atoms with Crippen LogP contribution in [-0.4, -0.2) is 20.0 Å². The van der Waals surface area contributed by atoms with E-state index in [4.69, 9.17) is 5.73 Å².